The fourth-order valence-corrected chi connectivity index (χ4v) is 2.99. The molecular formula is C18H19ClFN3O2. The van der Waals surface area contributed by atoms with E-state index < -0.39 is 5.82 Å². The molecule has 1 fully saturated rings. The van der Waals surface area contributed by atoms with E-state index in [1.807, 2.05) is 24.3 Å². The number of carbonyl (C=O) groups is 1. The van der Waals surface area contributed by atoms with Crippen molar-refractivity contribution in [1.82, 2.24) is 4.90 Å². The summed E-state index contributed by atoms with van der Waals surface area (Å²) >= 11 is 5.72. The van der Waals surface area contributed by atoms with Crippen LogP contribution in [0.25, 0.3) is 0 Å². The van der Waals surface area contributed by atoms with E-state index in [9.17, 15) is 9.18 Å². The molecule has 0 spiro atoms. The van der Waals surface area contributed by atoms with Crippen LogP contribution in [-0.4, -0.2) is 44.2 Å². The molecule has 132 valence electrons. The molecule has 7 heteroatoms. The van der Waals surface area contributed by atoms with E-state index in [4.69, 9.17) is 16.3 Å². The van der Waals surface area contributed by atoms with Crippen LogP contribution in [0.2, 0.25) is 5.02 Å². The first-order valence-corrected chi connectivity index (χ1v) is 8.35. The number of para-hydroxylation sites is 2. The second-order valence-electron chi connectivity index (χ2n) is 5.70. The van der Waals surface area contributed by atoms with E-state index >= 15 is 0 Å². The molecule has 1 aliphatic heterocycles. The maximum Gasteiger partial charge on any atom is 0.322 e. The fourth-order valence-electron chi connectivity index (χ4n) is 2.83. The number of piperazine rings is 1. The van der Waals surface area contributed by atoms with Crippen molar-refractivity contribution in [2.45, 2.75) is 0 Å². The van der Waals surface area contributed by atoms with Gasteiger partial charge in [-0.2, -0.15) is 0 Å². The molecule has 0 aromatic heterocycles. The average molecular weight is 364 g/mol. The molecule has 0 atom stereocenters. The second-order valence-corrected chi connectivity index (χ2v) is 6.14. The van der Waals surface area contributed by atoms with Crippen molar-refractivity contribution in [2.24, 2.45) is 0 Å². The van der Waals surface area contributed by atoms with Gasteiger partial charge in [-0.1, -0.05) is 23.7 Å². The SMILES string of the molecule is COc1ccccc1N1CCN(C(=O)Nc2ccc(Cl)cc2F)CC1. The van der Waals surface area contributed by atoms with Crippen molar-refractivity contribution in [1.29, 1.82) is 0 Å². The average Bonchev–Trinajstić information content (AvgIpc) is 2.64. The number of amides is 2. The van der Waals surface area contributed by atoms with Crippen LogP contribution in [0, 0.1) is 5.82 Å². The molecule has 1 saturated heterocycles. The van der Waals surface area contributed by atoms with Crippen molar-refractivity contribution in [3.8, 4) is 5.75 Å². The van der Waals surface area contributed by atoms with Gasteiger partial charge in [-0.15, -0.1) is 0 Å². The van der Waals surface area contributed by atoms with Crippen LogP contribution in [0.5, 0.6) is 5.75 Å². The number of methoxy groups -OCH3 is 1. The third-order valence-electron chi connectivity index (χ3n) is 4.17. The fraction of sp³-hybridized carbons (Fsp3) is 0.278. The molecule has 0 bridgehead atoms. The number of halogens is 2. The zero-order valence-corrected chi connectivity index (χ0v) is 14.6. The lowest BCUT2D eigenvalue weighted by atomic mass is 10.2. The van der Waals surface area contributed by atoms with Crippen LogP contribution in [-0.2, 0) is 0 Å². The van der Waals surface area contributed by atoms with Crippen LogP contribution in [0.4, 0.5) is 20.6 Å². The molecule has 1 heterocycles. The first-order valence-electron chi connectivity index (χ1n) is 7.97. The van der Waals surface area contributed by atoms with Crippen LogP contribution in [0.15, 0.2) is 42.5 Å². The third-order valence-corrected chi connectivity index (χ3v) is 4.40. The lowest BCUT2D eigenvalue weighted by molar-refractivity contribution is 0.208. The highest BCUT2D eigenvalue weighted by Crippen LogP contribution is 2.28. The van der Waals surface area contributed by atoms with E-state index in [0.29, 0.717) is 31.2 Å². The summed E-state index contributed by atoms with van der Waals surface area (Å²) < 4.78 is 19.2. The van der Waals surface area contributed by atoms with Gasteiger partial charge in [-0.3, -0.25) is 0 Å². The Morgan fingerprint density at radius 2 is 1.88 bits per heavy atom. The maximum atomic E-state index is 13.8. The Morgan fingerprint density at radius 1 is 1.16 bits per heavy atom. The third kappa shape index (κ3) is 3.96. The summed E-state index contributed by atoms with van der Waals surface area (Å²) in [5, 5.41) is 2.89. The highest BCUT2D eigenvalue weighted by molar-refractivity contribution is 6.30. The summed E-state index contributed by atoms with van der Waals surface area (Å²) in [6, 6.07) is 11.7. The van der Waals surface area contributed by atoms with E-state index in [2.05, 4.69) is 10.2 Å². The summed E-state index contributed by atoms with van der Waals surface area (Å²) in [5.74, 6) is 0.261. The monoisotopic (exact) mass is 363 g/mol. The van der Waals surface area contributed by atoms with Crippen LogP contribution >= 0.6 is 11.6 Å². The zero-order chi connectivity index (χ0) is 17.8. The van der Waals surface area contributed by atoms with Gasteiger partial charge >= 0.3 is 6.03 Å². The Morgan fingerprint density at radius 3 is 2.56 bits per heavy atom. The molecule has 0 saturated carbocycles. The quantitative estimate of drug-likeness (QED) is 0.901. The van der Waals surface area contributed by atoms with E-state index in [1.165, 1.54) is 12.1 Å². The summed E-state index contributed by atoms with van der Waals surface area (Å²) in [7, 11) is 1.64. The first kappa shape index (κ1) is 17.4. The topological polar surface area (TPSA) is 44.8 Å². The van der Waals surface area contributed by atoms with Gasteiger partial charge < -0.3 is 19.9 Å². The Hall–Kier alpha value is -2.47. The molecule has 0 radical (unpaired) electrons. The van der Waals surface area contributed by atoms with Gasteiger partial charge in [0.2, 0.25) is 0 Å². The Kier molecular flexibility index (Phi) is 5.28. The zero-order valence-electron chi connectivity index (χ0n) is 13.8. The van der Waals surface area contributed by atoms with Gasteiger partial charge in [0.05, 0.1) is 18.5 Å². The number of urea groups is 1. The summed E-state index contributed by atoms with van der Waals surface area (Å²) in [6.45, 7) is 2.44. The first-order chi connectivity index (χ1) is 12.1. The van der Waals surface area contributed by atoms with Crippen LogP contribution in [0.1, 0.15) is 0 Å². The minimum atomic E-state index is -0.548. The van der Waals surface area contributed by atoms with Gasteiger partial charge in [-0.25, -0.2) is 9.18 Å². The lowest BCUT2D eigenvalue weighted by Crippen LogP contribution is -2.50. The number of benzene rings is 2. The van der Waals surface area contributed by atoms with Gasteiger partial charge in [0.15, 0.2) is 0 Å². The Balaban J connectivity index is 1.61. The van der Waals surface area contributed by atoms with Crippen molar-refractivity contribution < 1.29 is 13.9 Å². The van der Waals surface area contributed by atoms with Gasteiger partial charge in [0.1, 0.15) is 11.6 Å². The predicted octanol–water partition coefficient (Wildman–Crippen LogP) is 3.84. The molecule has 3 rings (SSSR count). The van der Waals surface area contributed by atoms with Crippen molar-refractivity contribution in [3.63, 3.8) is 0 Å². The minimum Gasteiger partial charge on any atom is -0.495 e. The molecule has 0 unspecified atom stereocenters. The van der Waals surface area contributed by atoms with Gasteiger partial charge in [0.25, 0.3) is 0 Å². The maximum absolute atomic E-state index is 13.8. The molecule has 5 nitrogen and oxygen atoms in total. The number of ether oxygens (including phenoxy) is 1. The van der Waals surface area contributed by atoms with Crippen LogP contribution < -0.4 is 15.0 Å². The lowest BCUT2D eigenvalue weighted by Gasteiger charge is -2.36. The molecule has 2 aromatic carbocycles. The molecule has 1 N–H and O–H groups in total. The molecule has 2 aromatic rings. The van der Waals surface area contributed by atoms with Gasteiger partial charge in [0, 0.05) is 31.2 Å². The second kappa shape index (κ2) is 7.61. The standard InChI is InChI=1S/C18H19ClFN3O2/c1-25-17-5-3-2-4-16(17)22-8-10-23(11-9-22)18(24)21-15-7-6-13(19)12-14(15)20/h2-7,12H,8-11H2,1H3,(H,21,24). The predicted molar refractivity (Wildman–Crippen MR) is 97.2 cm³/mol. The number of rotatable bonds is 3. The number of hydrogen-bond acceptors (Lipinski definition) is 3. The molecule has 2 amide bonds. The van der Waals surface area contributed by atoms with Crippen molar-refractivity contribution in [3.05, 3.63) is 53.3 Å². The molecule has 0 aliphatic carbocycles. The molecular weight excluding hydrogens is 345 g/mol. The highest BCUT2D eigenvalue weighted by Gasteiger charge is 2.23. The summed E-state index contributed by atoms with van der Waals surface area (Å²) in [6.07, 6.45) is 0. The van der Waals surface area contributed by atoms with Gasteiger partial charge in [-0.05, 0) is 30.3 Å². The number of anilines is 2. The number of nitrogens with zero attached hydrogens (tertiary/aromatic N) is 2. The Labute approximate surface area is 150 Å². The van der Waals surface area contributed by atoms with E-state index in [1.54, 1.807) is 18.1 Å². The number of hydrogen-bond donors (Lipinski definition) is 1. The minimum absolute atomic E-state index is 0.126. The Bertz CT molecular complexity index is 764. The molecule has 25 heavy (non-hydrogen) atoms. The normalized spacial score (nSPS) is 14.4. The number of carbonyl (C=O) groups excluding carboxylic acids is 1. The molecule has 1 aliphatic rings. The van der Waals surface area contributed by atoms with E-state index in [0.717, 1.165) is 11.4 Å². The van der Waals surface area contributed by atoms with E-state index in [-0.39, 0.29) is 11.7 Å². The summed E-state index contributed by atoms with van der Waals surface area (Å²) in [4.78, 5) is 16.2. The highest BCUT2D eigenvalue weighted by atomic mass is 35.5. The van der Waals surface area contributed by atoms with Crippen LogP contribution in [0.3, 0.4) is 0 Å². The summed E-state index contributed by atoms with van der Waals surface area (Å²) in [5.41, 5.74) is 1.13. The van der Waals surface area contributed by atoms with Crippen molar-refractivity contribution >= 4 is 29.0 Å². The smallest absolute Gasteiger partial charge is 0.322 e. The van der Waals surface area contributed by atoms with Crippen molar-refractivity contribution in [2.75, 3.05) is 43.5 Å². The number of nitrogens with one attached hydrogen (secondary N) is 1. The largest absolute Gasteiger partial charge is 0.495 e.